The van der Waals surface area contributed by atoms with Crippen LogP contribution in [0.25, 0.3) is 0 Å². The predicted molar refractivity (Wildman–Crippen MR) is 79.7 cm³/mol. The van der Waals surface area contributed by atoms with Crippen molar-refractivity contribution >= 4 is 11.6 Å². The number of amides is 1. The van der Waals surface area contributed by atoms with E-state index in [0.717, 1.165) is 0 Å². The number of hydrogen-bond donors (Lipinski definition) is 1. The largest absolute Gasteiger partial charge is 0.396 e. The zero-order valence-corrected chi connectivity index (χ0v) is 12.6. The van der Waals surface area contributed by atoms with Gasteiger partial charge in [-0.05, 0) is 26.0 Å². The predicted octanol–water partition coefficient (Wildman–Crippen LogP) is 1.92. The van der Waals surface area contributed by atoms with Crippen LogP contribution in [0.15, 0.2) is 18.2 Å². The summed E-state index contributed by atoms with van der Waals surface area (Å²) < 4.78 is 24.0. The van der Waals surface area contributed by atoms with Gasteiger partial charge < -0.3 is 20.1 Å². The van der Waals surface area contributed by atoms with Crippen molar-refractivity contribution < 1.29 is 18.7 Å². The van der Waals surface area contributed by atoms with Crippen LogP contribution in [-0.4, -0.2) is 50.3 Å². The van der Waals surface area contributed by atoms with Gasteiger partial charge in [0.15, 0.2) is 0 Å². The molecule has 0 bridgehead atoms. The number of rotatable bonds is 9. The van der Waals surface area contributed by atoms with E-state index < -0.39 is 5.82 Å². The van der Waals surface area contributed by atoms with Gasteiger partial charge >= 0.3 is 0 Å². The van der Waals surface area contributed by atoms with Crippen LogP contribution in [0.4, 0.5) is 10.1 Å². The summed E-state index contributed by atoms with van der Waals surface area (Å²) in [6.07, 6.45) is 0. The smallest absolute Gasteiger partial charge is 0.256 e. The van der Waals surface area contributed by atoms with Crippen LogP contribution in [0.5, 0.6) is 0 Å². The summed E-state index contributed by atoms with van der Waals surface area (Å²) in [7, 11) is 0. The summed E-state index contributed by atoms with van der Waals surface area (Å²) in [5, 5.41) is 0. The minimum Gasteiger partial charge on any atom is -0.396 e. The first-order chi connectivity index (χ1) is 10.1. The van der Waals surface area contributed by atoms with Crippen molar-refractivity contribution in [1.82, 2.24) is 4.90 Å². The molecule has 0 aliphatic heterocycles. The van der Waals surface area contributed by atoms with E-state index in [1.165, 1.54) is 18.2 Å². The van der Waals surface area contributed by atoms with E-state index in [4.69, 9.17) is 15.2 Å². The third-order valence-electron chi connectivity index (χ3n) is 2.99. The number of nitrogens with two attached hydrogens (primary N) is 1. The highest BCUT2D eigenvalue weighted by molar-refractivity contribution is 5.99. The number of para-hydroxylation sites is 1. The molecule has 0 heterocycles. The molecule has 0 aliphatic carbocycles. The van der Waals surface area contributed by atoms with Gasteiger partial charge in [-0.25, -0.2) is 4.39 Å². The minimum absolute atomic E-state index is 0.125. The van der Waals surface area contributed by atoms with Crippen molar-refractivity contribution in [3.8, 4) is 0 Å². The number of anilines is 1. The van der Waals surface area contributed by atoms with E-state index >= 15 is 0 Å². The Morgan fingerprint density at radius 1 is 1.19 bits per heavy atom. The molecule has 0 unspecified atom stereocenters. The third-order valence-corrected chi connectivity index (χ3v) is 2.99. The van der Waals surface area contributed by atoms with E-state index in [1.54, 1.807) is 4.90 Å². The van der Waals surface area contributed by atoms with Crippen molar-refractivity contribution in [2.24, 2.45) is 0 Å². The van der Waals surface area contributed by atoms with Crippen molar-refractivity contribution in [3.63, 3.8) is 0 Å². The van der Waals surface area contributed by atoms with E-state index in [2.05, 4.69) is 0 Å². The van der Waals surface area contributed by atoms with Gasteiger partial charge in [0.1, 0.15) is 5.82 Å². The van der Waals surface area contributed by atoms with E-state index in [0.29, 0.717) is 39.5 Å². The Labute approximate surface area is 124 Å². The van der Waals surface area contributed by atoms with Crippen LogP contribution in [0, 0.1) is 5.82 Å². The standard InChI is InChI=1S/C15H23FN2O3/c1-3-20-10-8-18(9-11-21-4-2)15(19)12-6-5-7-13(16)14(12)17/h5-7H,3-4,8-11,17H2,1-2H3. The molecular formula is C15H23FN2O3. The first-order valence-corrected chi connectivity index (χ1v) is 7.10. The molecule has 0 spiro atoms. The molecule has 2 N–H and O–H groups in total. The van der Waals surface area contributed by atoms with Gasteiger partial charge in [-0.15, -0.1) is 0 Å². The highest BCUT2D eigenvalue weighted by Gasteiger charge is 2.19. The van der Waals surface area contributed by atoms with Gasteiger partial charge in [-0.1, -0.05) is 6.07 Å². The molecule has 6 heteroatoms. The Kier molecular flexibility index (Phi) is 7.71. The van der Waals surface area contributed by atoms with Gasteiger partial charge in [0.05, 0.1) is 24.5 Å². The number of nitrogens with zero attached hydrogens (tertiary/aromatic N) is 1. The number of ether oxygens (including phenoxy) is 2. The maximum Gasteiger partial charge on any atom is 0.256 e. The Morgan fingerprint density at radius 3 is 2.29 bits per heavy atom. The number of carbonyl (C=O) groups is 1. The second-order valence-corrected chi connectivity index (χ2v) is 4.39. The Bertz CT molecular complexity index is 445. The van der Waals surface area contributed by atoms with Crippen molar-refractivity contribution in [3.05, 3.63) is 29.6 Å². The SMILES string of the molecule is CCOCCN(CCOCC)C(=O)c1cccc(F)c1N. The molecule has 5 nitrogen and oxygen atoms in total. The fourth-order valence-electron chi connectivity index (χ4n) is 1.85. The average Bonchev–Trinajstić information content (AvgIpc) is 2.48. The molecule has 1 aromatic carbocycles. The zero-order chi connectivity index (χ0) is 15.7. The van der Waals surface area contributed by atoms with Gasteiger partial charge in [0.25, 0.3) is 5.91 Å². The van der Waals surface area contributed by atoms with Crippen LogP contribution >= 0.6 is 0 Å². The summed E-state index contributed by atoms with van der Waals surface area (Å²) >= 11 is 0. The van der Waals surface area contributed by atoms with Crippen LogP contribution < -0.4 is 5.73 Å². The van der Waals surface area contributed by atoms with Crippen molar-refractivity contribution in [2.75, 3.05) is 45.3 Å². The highest BCUT2D eigenvalue weighted by atomic mass is 19.1. The lowest BCUT2D eigenvalue weighted by atomic mass is 10.1. The maximum absolute atomic E-state index is 13.5. The second-order valence-electron chi connectivity index (χ2n) is 4.39. The van der Waals surface area contributed by atoms with Crippen molar-refractivity contribution in [2.45, 2.75) is 13.8 Å². The van der Waals surface area contributed by atoms with Crippen LogP contribution in [-0.2, 0) is 9.47 Å². The first-order valence-electron chi connectivity index (χ1n) is 7.10. The summed E-state index contributed by atoms with van der Waals surface area (Å²) in [6, 6.07) is 4.23. The normalized spacial score (nSPS) is 10.6. The van der Waals surface area contributed by atoms with Crippen LogP contribution in [0.3, 0.4) is 0 Å². The van der Waals surface area contributed by atoms with Gasteiger partial charge in [-0.2, -0.15) is 0 Å². The molecule has 0 aromatic heterocycles. The molecule has 1 amide bonds. The monoisotopic (exact) mass is 298 g/mol. The van der Waals surface area contributed by atoms with E-state index in [1.807, 2.05) is 13.8 Å². The fourth-order valence-corrected chi connectivity index (χ4v) is 1.85. The molecule has 0 fully saturated rings. The second kappa shape index (κ2) is 9.31. The molecule has 0 atom stereocenters. The average molecular weight is 298 g/mol. The zero-order valence-electron chi connectivity index (χ0n) is 12.6. The topological polar surface area (TPSA) is 64.8 Å². The Morgan fingerprint density at radius 2 is 1.76 bits per heavy atom. The minimum atomic E-state index is -0.588. The molecule has 0 saturated heterocycles. The number of hydrogen-bond acceptors (Lipinski definition) is 4. The summed E-state index contributed by atoms with van der Waals surface area (Å²) in [5.41, 5.74) is 5.69. The van der Waals surface area contributed by atoms with E-state index in [9.17, 15) is 9.18 Å². The summed E-state index contributed by atoms with van der Waals surface area (Å²) in [6.45, 7) is 6.59. The molecule has 0 radical (unpaired) electrons. The van der Waals surface area contributed by atoms with Gasteiger partial charge in [0, 0.05) is 26.3 Å². The lowest BCUT2D eigenvalue weighted by Crippen LogP contribution is -2.37. The quantitative estimate of drug-likeness (QED) is 0.559. The maximum atomic E-state index is 13.5. The lowest BCUT2D eigenvalue weighted by Gasteiger charge is -2.23. The fraction of sp³-hybridized carbons (Fsp3) is 0.533. The number of benzene rings is 1. The molecule has 21 heavy (non-hydrogen) atoms. The number of nitrogen functional groups attached to an aromatic ring is 1. The molecular weight excluding hydrogens is 275 g/mol. The molecule has 1 aromatic rings. The van der Waals surface area contributed by atoms with Gasteiger partial charge in [-0.3, -0.25) is 4.79 Å². The number of carbonyl (C=O) groups excluding carboxylic acids is 1. The Balaban J connectivity index is 2.79. The molecule has 1 rings (SSSR count). The number of halogens is 1. The first kappa shape index (κ1) is 17.4. The highest BCUT2D eigenvalue weighted by Crippen LogP contribution is 2.17. The van der Waals surface area contributed by atoms with Gasteiger partial charge in [0.2, 0.25) is 0 Å². The van der Waals surface area contributed by atoms with Crippen LogP contribution in [0.2, 0.25) is 0 Å². The van der Waals surface area contributed by atoms with Crippen LogP contribution in [0.1, 0.15) is 24.2 Å². The third kappa shape index (κ3) is 5.32. The van der Waals surface area contributed by atoms with Crippen molar-refractivity contribution in [1.29, 1.82) is 0 Å². The molecule has 0 aliphatic rings. The lowest BCUT2D eigenvalue weighted by molar-refractivity contribution is 0.0550. The molecule has 0 saturated carbocycles. The Hall–Kier alpha value is -1.66. The molecule has 118 valence electrons. The van der Waals surface area contributed by atoms with E-state index in [-0.39, 0.29) is 17.2 Å². The summed E-state index contributed by atoms with van der Waals surface area (Å²) in [4.78, 5) is 14.0. The summed E-state index contributed by atoms with van der Waals surface area (Å²) in [5.74, 6) is -0.901.